The summed E-state index contributed by atoms with van der Waals surface area (Å²) < 4.78 is 6.44. The van der Waals surface area contributed by atoms with Crippen LogP contribution in [0.2, 0.25) is 0 Å². The van der Waals surface area contributed by atoms with Gasteiger partial charge in [0.2, 0.25) is 0 Å². The molecule has 0 aliphatic carbocycles. The first-order chi connectivity index (χ1) is 7.27. The smallest absolute Gasteiger partial charge is 0.384 e. The molecular formula is C11H14N2O2. The van der Waals surface area contributed by atoms with Crippen LogP contribution >= 0.6 is 0 Å². The predicted octanol–water partition coefficient (Wildman–Crippen LogP) is 1.01. The van der Waals surface area contributed by atoms with Crippen molar-refractivity contribution in [2.45, 2.75) is 26.3 Å². The Kier molecular flexibility index (Phi) is 4.42. The van der Waals surface area contributed by atoms with Gasteiger partial charge in [-0.15, -0.1) is 0 Å². The third-order valence-electron chi connectivity index (χ3n) is 1.89. The Labute approximate surface area is 89.3 Å². The van der Waals surface area contributed by atoms with Crippen molar-refractivity contribution in [1.82, 2.24) is 9.55 Å². The van der Waals surface area contributed by atoms with Gasteiger partial charge in [0.1, 0.15) is 5.82 Å². The second-order valence-electron chi connectivity index (χ2n) is 3.01. The number of esters is 1. The Bertz CT molecular complexity index is 385. The van der Waals surface area contributed by atoms with Gasteiger partial charge in [-0.1, -0.05) is 12.8 Å². The molecule has 0 atom stereocenters. The third kappa shape index (κ3) is 3.47. The molecule has 0 aliphatic heterocycles. The van der Waals surface area contributed by atoms with E-state index in [1.165, 1.54) is 7.11 Å². The quantitative estimate of drug-likeness (QED) is 0.421. The molecule has 1 aromatic heterocycles. The number of carbonyl (C=O) groups is 1. The Hall–Kier alpha value is -1.76. The summed E-state index contributed by atoms with van der Waals surface area (Å²) in [6.45, 7) is 3.03. The van der Waals surface area contributed by atoms with Crippen molar-refractivity contribution in [2.75, 3.05) is 7.11 Å². The van der Waals surface area contributed by atoms with E-state index in [1.54, 1.807) is 6.20 Å². The maximum atomic E-state index is 10.7. The SMILES string of the molecule is CCCn1ccnc1CC#CC(=O)OC. The first kappa shape index (κ1) is 11.3. The lowest BCUT2D eigenvalue weighted by Crippen LogP contribution is -2.02. The molecule has 0 aliphatic rings. The number of rotatable bonds is 3. The number of nitrogens with zero attached hydrogens (tertiary/aromatic N) is 2. The largest absolute Gasteiger partial charge is 0.459 e. The van der Waals surface area contributed by atoms with Crippen molar-refractivity contribution in [2.24, 2.45) is 0 Å². The summed E-state index contributed by atoms with van der Waals surface area (Å²) in [6.07, 6.45) is 5.18. The normalized spacial score (nSPS) is 9.20. The van der Waals surface area contributed by atoms with Crippen LogP contribution in [-0.2, 0) is 22.5 Å². The van der Waals surface area contributed by atoms with E-state index >= 15 is 0 Å². The molecule has 0 saturated carbocycles. The molecule has 0 unspecified atom stereocenters. The summed E-state index contributed by atoms with van der Waals surface area (Å²) in [5.74, 6) is 5.48. The number of imidazole rings is 1. The van der Waals surface area contributed by atoms with Crippen LogP contribution in [0.3, 0.4) is 0 Å². The third-order valence-corrected chi connectivity index (χ3v) is 1.89. The van der Waals surface area contributed by atoms with Gasteiger partial charge in [0.25, 0.3) is 0 Å². The summed E-state index contributed by atoms with van der Waals surface area (Å²) in [6, 6.07) is 0. The van der Waals surface area contributed by atoms with Crippen molar-refractivity contribution in [3.8, 4) is 11.8 Å². The van der Waals surface area contributed by atoms with E-state index in [4.69, 9.17) is 0 Å². The second kappa shape index (κ2) is 5.86. The molecule has 4 heteroatoms. The number of ether oxygens (including phenoxy) is 1. The lowest BCUT2D eigenvalue weighted by atomic mass is 10.4. The first-order valence-corrected chi connectivity index (χ1v) is 4.84. The summed E-state index contributed by atoms with van der Waals surface area (Å²) in [4.78, 5) is 14.9. The molecule has 0 radical (unpaired) electrons. The molecule has 0 fully saturated rings. The van der Waals surface area contributed by atoms with E-state index in [1.807, 2.05) is 10.8 Å². The number of aromatic nitrogens is 2. The van der Waals surface area contributed by atoms with Gasteiger partial charge in [0, 0.05) is 24.9 Å². The van der Waals surface area contributed by atoms with Gasteiger partial charge < -0.3 is 9.30 Å². The molecule has 15 heavy (non-hydrogen) atoms. The fraction of sp³-hybridized carbons (Fsp3) is 0.455. The van der Waals surface area contributed by atoms with E-state index in [9.17, 15) is 4.79 Å². The number of methoxy groups -OCH3 is 1. The van der Waals surface area contributed by atoms with Crippen molar-refractivity contribution in [3.63, 3.8) is 0 Å². The maximum Gasteiger partial charge on any atom is 0.384 e. The molecule has 1 aromatic rings. The van der Waals surface area contributed by atoms with Crippen molar-refractivity contribution < 1.29 is 9.53 Å². The van der Waals surface area contributed by atoms with Gasteiger partial charge in [0.05, 0.1) is 13.5 Å². The van der Waals surface area contributed by atoms with E-state index < -0.39 is 5.97 Å². The minimum Gasteiger partial charge on any atom is -0.459 e. The van der Waals surface area contributed by atoms with Gasteiger partial charge in [-0.05, 0) is 6.42 Å². The Morgan fingerprint density at radius 2 is 2.47 bits per heavy atom. The van der Waals surface area contributed by atoms with Crippen LogP contribution in [0.4, 0.5) is 0 Å². The zero-order valence-electron chi connectivity index (χ0n) is 8.99. The fourth-order valence-electron chi connectivity index (χ4n) is 1.20. The van der Waals surface area contributed by atoms with Gasteiger partial charge in [-0.25, -0.2) is 9.78 Å². The van der Waals surface area contributed by atoms with Crippen LogP contribution in [0.5, 0.6) is 0 Å². The van der Waals surface area contributed by atoms with Crippen LogP contribution in [0.15, 0.2) is 12.4 Å². The number of hydrogen-bond donors (Lipinski definition) is 0. The monoisotopic (exact) mass is 206 g/mol. The highest BCUT2D eigenvalue weighted by Crippen LogP contribution is 1.99. The van der Waals surface area contributed by atoms with Crippen LogP contribution < -0.4 is 0 Å². The lowest BCUT2D eigenvalue weighted by Gasteiger charge is -2.01. The zero-order valence-corrected chi connectivity index (χ0v) is 8.99. The molecule has 0 saturated heterocycles. The van der Waals surface area contributed by atoms with Crippen molar-refractivity contribution in [1.29, 1.82) is 0 Å². The van der Waals surface area contributed by atoms with Crippen LogP contribution in [0.25, 0.3) is 0 Å². The molecule has 4 nitrogen and oxygen atoms in total. The molecule has 0 aromatic carbocycles. The standard InChI is InChI=1S/C11H14N2O2/c1-3-8-13-9-7-12-10(13)5-4-6-11(14)15-2/h7,9H,3,5,8H2,1-2H3. The number of aryl methyl sites for hydroxylation is 1. The van der Waals surface area contributed by atoms with Gasteiger partial charge in [0.15, 0.2) is 0 Å². The summed E-state index contributed by atoms with van der Waals surface area (Å²) in [7, 11) is 1.31. The highest BCUT2D eigenvalue weighted by Gasteiger charge is 1.99. The average Bonchev–Trinajstić information content (AvgIpc) is 2.66. The second-order valence-corrected chi connectivity index (χ2v) is 3.01. The molecule has 0 amide bonds. The lowest BCUT2D eigenvalue weighted by molar-refractivity contribution is -0.133. The first-order valence-electron chi connectivity index (χ1n) is 4.84. The van der Waals surface area contributed by atoms with E-state index in [-0.39, 0.29) is 0 Å². The number of hydrogen-bond acceptors (Lipinski definition) is 3. The predicted molar refractivity (Wildman–Crippen MR) is 56.0 cm³/mol. The van der Waals surface area contributed by atoms with E-state index in [0.29, 0.717) is 6.42 Å². The molecule has 1 rings (SSSR count). The molecule has 0 bridgehead atoms. The summed E-state index contributed by atoms with van der Waals surface area (Å²) >= 11 is 0. The topological polar surface area (TPSA) is 44.1 Å². The molecule has 80 valence electrons. The summed E-state index contributed by atoms with van der Waals surface area (Å²) in [5, 5.41) is 0. The molecule has 1 heterocycles. The van der Waals surface area contributed by atoms with E-state index in [0.717, 1.165) is 18.8 Å². The molecule has 0 N–H and O–H groups in total. The maximum absolute atomic E-state index is 10.7. The van der Waals surface area contributed by atoms with Crippen molar-refractivity contribution >= 4 is 5.97 Å². The molecular weight excluding hydrogens is 192 g/mol. The minimum atomic E-state index is -0.511. The van der Waals surface area contributed by atoms with Gasteiger partial charge in [-0.3, -0.25) is 0 Å². The van der Waals surface area contributed by atoms with Crippen LogP contribution in [-0.4, -0.2) is 22.6 Å². The molecule has 0 spiro atoms. The minimum absolute atomic E-state index is 0.474. The van der Waals surface area contributed by atoms with Gasteiger partial charge in [-0.2, -0.15) is 0 Å². The van der Waals surface area contributed by atoms with E-state index in [2.05, 4.69) is 28.5 Å². The van der Waals surface area contributed by atoms with Crippen molar-refractivity contribution in [3.05, 3.63) is 18.2 Å². The Morgan fingerprint density at radius 1 is 1.67 bits per heavy atom. The number of carbonyl (C=O) groups excluding carboxylic acids is 1. The average molecular weight is 206 g/mol. The van der Waals surface area contributed by atoms with Gasteiger partial charge >= 0.3 is 5.97 Å². The zero-order chi connectivity index (χ0) is 11.1. The van der Waals surface area contributed by atoms with Crippen LogP contribution in [0.1, 0.15) is 19.2 Å². The summed E-state index contributed by atoms with van der Waals surface area (Å²) in [5.41, 5.74) is 0. The Balaban J connectivity index is 2.59. The highest BCUT2D eigenvalue weighted by molar-refractivity contribution is 5.88. The Morgan fingerprint density at radius 3 is 3.13 bits per heavy atom. The fourth-order valence-corrected chi connectivity index (χ4v) is 1.20. The van der Waals surface area contributed by atoms with Crippen LogP contribution in [0, 0.1) is 11.8 Å². The highest BCUT2D eigenvalue weighted by atomic mass is 16.5.